The van der Waals surface area contributed by atoms with Crippen LogP contribution in [-0.4, -0.2) is 100 Å². The van der Waals surface area contributed by atoms with Crippen molar-refractivity contribution in [3.63, 3.8) is 0 Å². The maximum atomic E-state index is 10.7. The van der Waals surface area contributed by atoms with Crippen molar-refractivity contribution < 1.29 is 54.7 Å². The van der Waals surface area contributed by atoms with Crippen LogP contribution in [0.15, 0.2) is 30.3 Å². The highest BCUT2D eigenvalue weighted by Gasteiger charge is 2.45. The van der Waals surface area contributed by atoms with Crippen LogP contribution in [0.5, 0.6) is 23.0 Å². The van der Waals surface area contributed by atoms with E-state index in [9.17, 15) is 35.7 Å². The summed E-state index contributed by atoms with van der Waals surface area (Å²) in [6.45, 7) is -1.01. The third kappa shape index (κ3) is 5.08. The zero-order valence-electron chi connectivity index (χ0n) is 20.6. The number of benzene rings is 2. The molecule has 8 atom stereocenters. The number of hydrogen-bond donors (Lipinski definition) is 7. The molecule has 2 aliphatic rings. The molecule has 2 aromatic carbocycles. The van der Waals surface area contributed by atoms with E-state index >= 15 is 0 Å². The Morgan fingerprint density at radius 2 is 1.57 bits per heavy atom. The van der Waals surface area contributed by atoms with Gasteiger partial charge in [0, 0.05) is 19.1 Å². The van der Waals surface area contributed by atoms with Gasteiger partial charge in [-0.15, -0.1) is 0 Å². The van der Waals surface area contributed by atoms with Crippen LogP contribution >= 0.6 is 0 Å². The molecule has 0 saturated carbocycles. The van der Waals surface area contributed by atoms with Gasteiger partial charge in [0.25, 0.3) is 0 Å². The molecule has 1 fully saturated rings. The lowest BCUT2D eigenvalue weighted by Gasteiger charge is -2.40. The number of hydrogen-bond acceptors (Lipinski definition) is 11. The first kappa shape index (κ1) is 27.4. The van der Waals surface area contributed by atoms with E-state index in [1.54, 1.807) is 18.2 Å². The summed E-state index contributed by atoms with van der Waals surface area (Å²) >= 11 is 0. The molecule has 11 heteroatoms. The number of methoxy groups -OCH3 is 2. The van der Waals surface area contributed by atoms with Crippen molar-refractivity contribution in [2.24, 2.45) is 11.8 Å². The van der Waals surface area contributed by atoms with Crippen LogP contribution < -0.4 is 14.2 Å². The van der Waals surface area contributed by atoms with E-state index in [1.807, 2.05) is 6.07 Å². The topological polar surface area (TPSA) is 179 Å². The monoisotopic (exact) mass is 522 g/mol. The summed E-state index contributed by atoms with van der Waals surface area (Å²) in [5.74, 6) is -0.399. The summed E-state index contributed by atoms with van der Waals surface area (Å²) in [4.78, 5) is 0. The molecule has 7 N–H and O–H groups in total. The van der Waals surface area contributed by atoms with E-state index in [0.29, 0.717) is 23.5 Å². The maximum absolute atomic E-state index is 10.7. The molecule has 0 unspecified atom stereocenters. The van der Waals surface area contributed by atoms with Gasteiger partial charge in [0.2, 0.25) is 6.29 Å². The lowest BCUT2D eigenvalue weighted by Crippen LogP contribution is -2.60. The fourth-order valence-electron chi connectivity index (χ4n) is 5.34. The van der Waals surface area contributed by atoms with E-state index in [2.05, 4.69) is 0 Å². The van der Waals surface area contributed by atoms with Gasteiger partial charge in [-0.1, -0.05) is 6.07 Å². The van der Waals surface area contributed by atoms with Crippen LogP contribution in [0.25, 0.3) is 0 Å². The van der Waals surface area contributed by atoms with Crippen LogP contribution in [0.1, 0.15) is 22.6 Å². The van der Waals surface area contributed by atoms with Crippen molar-refractivity contribution in [1.29, 1.82) is 0 Å². The minimum absolute atomic E-state index is 0.0623. The molecule has 0 radical (unpaired) electrons. The largest absolute Gasteiger partial charge is 0.504 e. The lowest BCUT2D eigenvalue weighted by atomic mass is 9.67. The van der Waals surface area contributed by atoms with Gasteiger partial charge in [-0.05, 0) is 59.2 Å². The molecular weight excluding hydrogens is 488 g/mol. The predicted molar refractivity (Wildman–Crippen MR) is 129 cm³/mol. The quantitative estimate of drug-likeness (QED) is 0.238. The Bertz CT molecular complexity index is 1070. The van der Waals surface area contributed by atoms with Gasteiger partial charge in [-0.2, -0.15) is 0 Å². The highest BCUT2D eigenvalue weighted by Crippen LogP contribution is 2.48. The fourth-order valence-corrected chi connectivity index (χ4v) is 5.34. The molecule has 4 rings (SSSR count). The average Bonchev–Trinajstić information content (AvgIpc) is 2.92. The van der Waals surface area contributed by atoms with Crippen molar-refractivity contribution >= 4 is 0 Å². The van der Waals surface area contributed by atoms with E-state index in [4.69, 9.17) is 18.9 Å². The SMILES string of the molecule is COc1ccc([C@H]2c3cc(O[C@@H]4O[C@H](CO)[C@@H](O)[C@H](O)[C@H]4O)c(O)cc3C[C@@H](CO)[C@@H]2CO)cc1OC. The molecule has 1 heterocycles. The molecular formula is C26H34O11. The molecule has 204 valence electrons. The minimum atomic E-state index is -1.65. The first-order valence-corrected chi connectivity index (χ1v) is 12.0. The molecule has 11 nitrogen and oxygen atoms in total. The molecule has 0 aromatic heterocycles. The Labute approximate surface area is 214 Å². The van der Waals surface area contributed by atoms with Crippen LogP contribution in [0, 0.1) is 11.8 Å². The van der Waals surface area contributed by atoms with Crippen LogP contribution in [0.3, 0.4) is 0 Å². The summed E-state index contributed by atoms with van der Waals surface area (Å²) in [6.07, 6.45) is -7.10. The number of phenolic OH excluding ortho intramolecular Hbond substituents is 1. The standard InChI is InChI=1S/C26H34O11/c1-34-18-4-3-12(7-20(18)35-2)22-15-8-19(17(30)6-13(15)5-14(9-27)16(22)10-28)36-26-25(33)24(32)23(31)21(11-29)37-26/h3-4,6-8,14,16,21-33H,5,9-11H2,1-2H3/t14-,16-,21+,22-,23+,24-,25+,26+/m0/s1. The summed E-state index contributed by atoms with van der Waals surface area (Å²) in [7, 11) is 3.04. The normalized spacial score (nSPS) is 31.5. The maximum Gasteiger partial charge on any atom is 0.229 e. The van der Waals surface area contributed by atoms with Crippen molar-refractivity contribution in [1.82, 2.24) is 0 Å². The molecule has 1 aliphatic carbocycles. The van der Waals surface area contributed by atoms with E-state index in [-0.39, 0.29) is 36.5 Å². The van der Waals surface area contributed by atoms with Crippen molar-refractivity contribution in [2.75, 3.05) is 34.0 Å². The summed E-state index contributed by atoms with van der Waals surface area (Å²) in [5.41, 5.74) is 2.23. The number of fused-ring (bicyclic) bond motifs is 1. The molecule has 0 bridgehead atoms. The van der Waals surface area contributed by atoms with Crippen LogP contribution in [0.2, 0.25) is 0 Å². The van der Waals surface area contributed by atoms with E-state index in [1.165, 1.54) is 20.3 Å². The highest BCUT2D eigenvalue weighted by atomic mass is 16.7. The smallest absolute Gasteiger partial charge is 0.229 e. The lowest BCUT2D eigenvalue weighted by molar-refractivity contribution is -0.277. The van der Waals surface area contributed by atoms with Gasteiger partial charge in [-0.25, -0.2) is 0 Å². The van der Waals surface area contributed by atoms with Gasteiger partial charge in [0.1, 0.15) is 24.4 Å². The van der Waals surface area contributed by atoms with Crippen molar-refractivity contribution in [2.45, 2.75) is 43.0 Å². The molecule has 2 aromatic rings. The van der Waals surface area contributed by atoms with Crippen LogP contribution in [-0.2, 0) is 11.2 Å². The number of ether oxygens (including phenoxy) is 4. The van der Waals surface area contributed by atoms with Gasteiger partial charge in [0.05, 0.1) is 20.8 Å². The van der Waals surface area contributed by atoms with E-state index in [0.717, 1.165) is 11.1 Å². The predicted octanol–water partition coefficient (Wildman–Crippen LogP) is -0.507. The van der Waals surface area contributed by atoms with Gasteiger partial charge in [-0.3, -0.25) is 0 Å². The van der Waals surface area contributed by atoms with Gasteiger partial charge >= 0.3 is 0 Å². The Hall–Kier alpha value is -2.64. The van der Waals surface area contributed by atoms with Gasteiger partial charge < -0.3 is 54.7 Å². The second kappa shape index (κ2) is 11.4. The Morgan fingerprint density at radius 1 is 0.838 bits per heavy atom. The summed E-state index contributed by atoms with van der Waals surface area (Å²) < 4.78 is 22.0. The van der Waals surface area contributed by atoms with Crippen molar-refractivity contribution in [3.05, 3.63) is 47.0 Å². The second-order valence-electron chi connectivity index (χ2n) is 9.42. The zero-order chi connectivity index (χ0) is 26.9. The number of aromatic hydroxyl groups is 1. The molecule has 37 heavy (non-hydrogen) atoms. The molecule has 0 spiro atoms. The Morgan fingerprint density at radius 3 is 2.19 bits per heavy atom. The summed E-state index contributed by atoms with van der Waals surface area (Å²) in [5, 5.41) is 71.1. The molecule has 0 amide bonds. The first-order chi connectivity index (χ1) is 17.8. The fraction of sp³-hybridized carbons (Fsp3) is 0.538. The van der Waals surface area contributed by atoms with Crippen molar-refractivity contribution in [3.8, 4) is 23.0 Å². The number of aliphatic hydroxyl groups excluding tert-OH is 6. The van der Waals surface area contributed by atoms with Crippen LogP contribution in [0.4, 0.5) is 0 Å². The van der Waals surface area contributed by atoms with E-state index < -0.39 is 43.2 Å². The molecule has 1 aliphatic heterocycles. The Balaban J connectivity index is 1.77. The zero-order valence-corrected chi connectivity index (χ0v) is 20.6. The second-order valence-corrected chi connectivity index (χ2v) is 9.42. The number of rotatable bonds is 8. The van der Waals surface area contributed by atoms with Gasteiger partial charge in [0.15, 0.2) is 23.0 Å². The summed E-state index contributed by atoms with van der Waals surface area (Å²) in [6, 6.07) is 8.45. The molecule has 1 saturated heterocycles. The average molecular weight is 523 g/mol. The first-order valence-electron chi connectivity index (χ1n) is 12.0. The minimum Gasteiger partial charge on any atom is -0.504 e. The number of phenols is 1. The Kier molecular flexibility index (Phi) is 8.44. The number of aliphatic hydroxyl groups is 6. The highest BCUT2D eigenvalue weighted by molar-refractivity contribution is 5.54. The third-order valence-electron chi connectivity index (χ3n) is 7.38. The third-order valence-corrected chi connectivity index (χ3v) is 7.38.